The van der Waals surface area contributed by atoms with Crippen molar-refractivity contribution in [2.75, 3.05) is 7.11 Å². The van der Waals surface area contributed by atoms with Crippen molar-refractivity contribution in [3.05, 3.63) is 27.5 Å². The molecule has 0 saturated heterocycles. The molecule has 0 bridgehead atoms. The van der Waals surface area contributed by atoms with Crippen LogP contribution in [0.2, 0.25) is 0 Å². The SMILES string of the molecule is COc1[nH]c(C)cc(=O)c1CNC(=O)I. The summed E-state index contributed by atoms with van der Waals surface area (Å²) in [6.45, 7) is 1.94. The molecule has 0 fully saturated rings. The highest BCUT2D eigenvalue weighted by molar-refractivity contribution is 14.1. The molecule has 2 N–H and O–H groups in total. The monoisotopic (exact) mass is 322 g/mol. The summed E-state index contributed by atoms with van der Waals surface area (Å²) in [6, 6.07) is 1.47. The van der Waals surface area contributed by atoms with Crippen LogP contribution in [0.5, 0.6) is 5.88 Å². The van der Waals surface area contributed by atoms with Crippen molar-refractivity contribution >= 4 is 26.5 Å². The lowest BCUT2D eigenvalue weighted by atomic mass is 10.2. The predicted octanol–water partition coefficient (Wildman–Crippen LogP) is 1.34. The Hall–Kier alpha value is -1.05. The van der Waals surface area contributed by atoms with E-state index >= 15 is 0 Å². The summed E-state index contributed by atoms with van der Waals surface area (Å²) in [4.78, 5) is 25.2. The maximum Gasteiger partial charge on any atom is 0.280 e. The highest BCUT2D eigenvalue weighted by Crippen LogP contribution is 2.11. The van der Waals surface area contributed by atoms with Crippen molar-refractivity contribution in [2.24, 2.45) is 0 Å². The number of H-pyrrole nitrogens is 1. The Kier molecular flexibility index (Phi) is 4.13. The number of hydrogen-bond acceptors (Lipinski definition) is 3. The van der Waals surface area contributed by atoms with E-state index in [1.54, 1.807) is 29.5 Å². The van der Waals surface area contributed by atoms with Crippen LogP contribution in [-0.4, -0.2) is 16.0 Å². The number of hydrogen-bond donors (Lipinski definition) is 2. The molecule has 15 heavy (non-hydrogen) atoms. The Morgan fingerprint density at radius 2 is 2.33 bits per heavy atom. The summed E-state index contributed by atoms with van der Waals surface area (Å²) in [5.74, 6) is 0.394. The number of aryl methyl sites for hydroxylation is 1. The molecule has 0 saturated carbocycles. The maximum atomic E-state index is 11.6. The zero-order chi connectivity index (χ0) is 11.4. The zero-order valence-electron chi connectivity index (χ0n) is 8.39. The van der Waals surface area contributed by atoms with Crippen molar-refractivity contribution in [2.45, 2.75) is 13.5 Å². The summed E-state index contributed by atoms with van der Waals surface area (Å²) in [5.41, 5.74) is 1.00. The van der Waals surface area contributed by atoms with Gasteiger partial charge in [-0.25, -0.2) is 0 Å². The van der Waals surface area contributed by atoms with Crippen LogP contribution >= 0.6 is 22.6 Å². The van der Waals surface area contributed by atoms with Gasteiger partial charge in [0.25, 0.3) is 3.91 Å². The fourth-order valence-electron chi connectivity index (χ4n) is 1.19. The normalized spacial score (nSPS) is 9.80. The summed E-state index contributed by atoms with van der Waals surface area (Å²) in [7, 11) is 1.47. The van der Waals surface area contributed by atoms with Crippen molar-refractivity contribution in [3.63, 3.8) is 0 Å². The van der Waals surface area contributed by atoms with Crippen LogP contribution in [0.3, 0.4) is 0 Å². The highest BCUT2D eigenvalue weighted by Gasteiger charge is 2.09. The Labute approximate surface area is 100 Å². The Morgan fingerprint density at radius 3 is 2.87 bits per heavy atom. The van der Waals surface area contributed by atoms with E-state index in [2.05, 4.69) is 10.3 Å². The molecule has 82 valence electrons. The summed E-state index contributed by atoms with van der Waals surface area (Å²) < 4.78 is 4.82. The molecule has 0 unspecified atom stereocenters. The average Bonchev–Trinajstić information content (AvgIpc) is 2.14. The van der Waals surface area contributed by atoms with Crippen LogP contribution in [0.25, 0.3) is 0 Å². The van der Waals surface area contributed by atoms with Gasteiger partial charge >= 0.3 is 0 Å². The minimum absolute atomic E-state index is 0.145. The molecule has 0 radical (unpaired) electrons. The smallest absolute Gasteiger partial charge is 0.280 e. The van der Waals surface area contributed by atoms with Gasteiger partial charge in [0.1, 0.15) is 0 Å². The largest absolute Gasteiger partial charge is 0.482 e. The van der Waals surface area contributed by atoms with E-state index in [4.69, 9.17) is 4.74 Å². The molecule has 1 rings (SSSR count). The molecule has 0 aliphatic heterocycles. The Bertz CT molecular complexity index is 428. The first-order chi connectivity index (χ1) is 7.04. The van der Waals surface area contributed by atoms with E-state index in [1.807, 2.05) is 0 Å². The summed E-state index contributed by atoms with van der Waals surface area (Å²) >= 11 is 1.61. The van der Waals surface area contributed by atoms with Gasteiger partial charge in [0.05, 0.1) is 19.2 Å². The number of halogens is 1. The molecule has 1 amide bonds. The maximum absolute atomic E-state index is 11.6. The molecule has 0 atom stereocenters. The van der Waals surface area contributed by atoms with E-state index in [9.17, 15) is 9.59 Å². The standard InChI is InChI=1S/C9H11IN2O3/c1-5-3-7(13)6(4-11-9(10)14)8(12-5)15-2/h3H,4H2,1-2H3,(H,11,14)(H,12,13). The van der Waals surface area contributed by atoms with E-state index in [0.717, 1.165) is 5.69 Å². The summed E-state index contributed by atoms with van der Waals surface area (Å²) in [5, 5.41) is 2.54. The van der Waals surface area contributed by atoms with Gasteiger partial charge in [-0.15, -0.1) is 0 Å². The summed E-state index contributed by atoms with van der Waals surface area (Å²) in [6.07, 6.45) is 0. The lowest BCUT2D eigenvalue weighted by Crippen LogP contribution is -2.22. The Balaban J connectivity index is 3.04. The van der Waals surface area contributed by atoms with E-state index < -0.39 is 0 Å². The van der Waals surface area contributed by atoms with Crippen LogP contribution in [0.1, 0.15) is 11.3 Å². The van der Waals surface area contributed by atoms with Crippen LogP contribution in [0.15, 0.2) is 10.9 Å². The first kappa shape index (κ1) is 12.0. The molecular formula is C9H11IN2O3. The number of carbonyl (C=O) groups excluding carboxylic acids is 1. The predicted molar refractivity (Wildman–Crippen MR) is 64.6 cm³/mol. The average molecular weight is 322 g/mol. The number of methoxy groups -OCH3 is 1. The van der Waals surface area contributed by atoms with E-state index in [1.165, 1.54) is 13.2 Å². The minimum atomic E-state index is -0.213. The van der Waals surface area contributed by atoms with Gasteiger partial charge in [-0.1, -0.05) is 0 Å². The third-order valence-corrected chi connectivity index (χ3v) is 2.22. The van der Waals surface area contributed by atoms with Gasteiger partial charge in [-0.2, -0.15) is 0 Å². The first-order valence-corrected chi connectivity index (χ1v) is 5.32. The van der Waals surface area contributed by atoms with Crippen LogP contribution in [0, 0.1) is 6.92 Å². The first-order valence-electron chi connectivity index (χ1n) is 4.24. The van der Waals surface area contributed by atoms with Crippen molar-refractivity contribution in [1.82, 2.24) is 10.3 Å². The molecule has 0 spiro atoms. The molecule has 0 aliphatic carbocycles. The highest BCUT2D eigenvalue weighted by atomic mass is 127. The van der Waals surface area contributed by atoms with E-state index in [0.29, 0.717) is 11.4 Å². The van der Waals surface area contributed by atoms with Crippen molar-refractivity contribution in [1.29, 1.82) is 0 Å². The second-order valence-corrected chi connectivity index (χ2v) is 3.94. The number of carbonyl (C=O) groups is 1. The second kappa shape index (κ2) is 5.15. The fraction of sp³-hybridized carbons (Fsp3) is 0.333. The molecule has 0 aliphatic rings. The molecule has 0 aromatic carbocycles. The number of rotatable bonds is 3. The van der Waals surface area contributed by atoms with Gasteiger partial charge in [0, 0.05) is 34.4 Å². The zero-order valence-corrected chi connectivity index (χ0v) is 10.5. The van der Waals surface area contributed by atoms with Gasteiger partial charge in [0.2, 0.25) is 0 Å². The number of pyridine rings is 1. The number of aromatic amines is 1. The van der Waals surface area contributed by atoms with Gasteiger partial charge in [-0.05, 0) is 6.92 Å². The minimum Gasteiger partial charge on any atom is -0.482 e. The molecular weight excluding hydrogens is 311 g/mol. The number of ether oxygens (including phenoxy) is 1. The lowest BCUT2D eigenvalue weighted by Gasteiger charge is -2.08. The number of aromatic nitrogens is 1. The van der Waals surface area contributed by atoms with Crippen molar-refractivity contribution < 1.29 is 9.53 Å². The lowest BCUT2D eigenvalue weighted by molar-refractivity contribution is 0.262. The van der Waals surface area contributed by atoms with Crippen LogP contribution < -0.4 is 15.5 Å². The van der Waals surface area contributed by atoms with Gasteiger partial charge < -0.3 is 15.0 Å². The number of amides is 1. The van der Waals surface area contributed by atoms with Gasteiger partial charge in [-0.3, -0.25) is 9.59 Å². The fourth-order valence-corrected chi connectivity index (χ4v) is 1.38. The van der Waals surface area contributed by atoms with E-state index in [-0.39, 0.29) is 15.9 Å². The quantitative estimate of drug-likeness (QED) is 0.501. The third kappa shape index (κ3) is 3.22. The van der Waals surface area contributed by atoms with Crippen LogP contribution in [0.4, 0.5) is 4.79 Å². The second-order valence-electron chi connectivity index (χ2n) is 2.96. The molecule has 5 nitrogen and oxygen atoms in total. The topological polar surface area (TPSA) is 71.2 Å². The molecule has 1 aromatic heterocycles. The number of nitrogens with one attached hydrogen (secondary N) is 2. The van der Waals surface area contributed by atoms with Crippen molar-refractivity contribution in [3.8, 4) is 5.88 Å². The third-order valence-electron chi connectivity index (χ3n) is 1.84. The molecule has 1 heterocycles. The Morgan fingerprint density at radius 1 is 1.67 bits per heavy atom. The molecule has 6 heteroatoms. The van der Waals surface area contributed by atoms with Crippen LogP contribution in [-0.2, 0) is 6.54 Å². The molecule has 1 aromatic rings. The van der Waals surface area contributed by atoms with Gasteiger partial charge in [0.15, 0.2) is 11.3 Å².